The highest BCUT2D eigenvalue weighted by Crippen LogP contribution is 2.38. The Kier molecular flexibility index (Phi) is 4.18. The highest BCUT2D eigenvalue weighted by atomic mass is 16.6. The van der Waals surface area contributed by atoms with E-state index in [-0.39, 0.29) is 24.1 Å². The van der Waals surface area contributed by atoms with Crippen molar-refractivity contribution in [3.8, 4) is 5.75 Å². The second kappa shape index (κ2) is 5.85. The lowest BCUT2D eigenvalue weighted by Gasteiger charge is -2.35. The van der Waals surface area contributed by atoms with Crippen LogP contribution in [0.2, 0.25) is 0 Å². The molecule has 1 aromatic carbocycles. The van der Waals surface area contributed by atoms with E-state index in [4.69, 9.17) is 9.47 Å². The molecule has 0 saturated carbocycles. The molecule has 7 heteroatoms. The fourth-order valence-electron chi connectivity index (χ4n) is 2.21. The summed E-state index contributed by atoms with van der Waals surface area (Å²) in [5.41, 5.74) is 0.372. The topological polar surface area (TPSA) is 85.1 Å². The lowest BCUT2D eigenvalue weighted by molar-refractivity contribution is -0.385. The zero-order chi connectivity index (χ0) is 13.8. The van der Waals surface area contributed by atoms with Crippen molar-refractivity contribution < 1.29 is 19.5 Å². The van der Waals surface area contributed by atoms with Crippen molar-refractivity contribution in [2.24, 2.45) is 0 Å². The number of nitrogens with zero attached hydrogens (tertiary/aromatic N) is 2. The summed E-state index contributed by atoms with van der Waals surface area (Å²) in [4.78, 5) is 12.6. The van der Waals surface area contributed by atoms with Gasteiger partial charge < -0.3 is 19.5 Å². The summed E-state index contributed by atoms with van der Waals surface area (Å²) in [6, 6.07) is 4.63. The van der Waals surface area contributed by atoms with E-state index in [0.717, 1.165) is 0 Å². The number of hydrogen-bond acceptors (Lipinski definition) is 6. The quantitative estimate of drug-likeness (QED) is 0.642. The Hall–Kier alpha value is -1.86. The van der Waals surface area contributed by atoms with E-state index in [1.165, 1.54) is 7.11 Å². The Labute approximate surface area is 110 Å². The van der Waals surface area contributed by atoms with Gasteiger partial charge in [-0.25, -0.2) is 0 Å². The first-order chi connectivity index (χ1) is 9.19. The van der Waals surface area contributed by atoms with Crippen LogP contribution in [0.1, 0.15) is 0 Å². The van der Waals surface area contributed by atoms with Crippen molar-refractivity contribution >= 4 is 11.4 Å². The van der Waals surface area contributed by atoms with Gasteiger partial charge in [0.1, 0.15) is 5.69 Å². The van der Waals surface area contributed by atoms with Gasteiger partial charge in [-0.3, -0.25) is 10.1 Å². The smallest absolute Gasteiger partial charge is 0.333 e. The highest BCUT2D eigenvalue weighted by Gasteiger charge is 2.30. The van der Waals surface area contributed by atoms with Gasteiger partial charge in [0.05, 0.1) is 37.9 Å². The first kappa shape index (κ1) is 13.6. The first-order valence-corrected chi connectivity index (χ1v) is 5.95. The van der Waals surface area contributed by atoms with Crippen LogP contribution < -0.4 is 9.64 Å². The number of hydrogen-bond donors (Lipinski definition) is 1. The molecule has 0 spiro atoms. The zero-order valence-electron chi connectivity index (χ0n) is 10.6. The number of ether oxygens (including phenoxy) is 2. The third-order valence-corrected chi connectivity index (χ3v) is 3.13. The molecule has 0 amide bonds. The second-order valence-corrected chi connectivity index (χ2v) is 4.19. The third-order valence-electron chi connectivity index (χ3n) is 3.13. The number of morpholine rings is 1. The monoisotopic (exact) mass is 268 g/mol. The number of benzene rings is 1. The molecule has 1 aromatic rings. The Balaban J connectivity index is 2.45. The predicted octanol–water partition coefficient (Wildman–Crippen LogP) is 0.801. The Morgan fingerprint density at radius 3 is 3.05 bits per heavy atom. The lowest BCUT2D eigenvalue weighted by atomic mass is 10.1. The van der Waals surface area contributed by atoms with Gasteiger partial charge in [0.2, 0.25) is 0 Å². The van der Waals surface area contributed by atoms with E-state index in [9.17, 15) is 15.2 Å². The maximum atomic E-state index is 11.2. The van der Waals surface area contributed by atoms with Crippen molar-refractivity contribution in [3.63, 3.8) is 0 Å². The van der Waals surface area contributed by atoms with Gasteiger partial charge in [0.25, 0.3) is 0 Å². The minimum atomic E-state index is -0.460. The van der Waals surface area contributed by atoms with Crippen molar-refractivity contribution in [1.29, 1.82) is 0 Å². The number of aliphatic hydroxyl groups is 1. The van der Waals surface area contributed by atoms with Crippen LogP contribution in [0.4, 0.5) is 11.4 Å². The number of para-hydroxylation sites is 1. The Morgan fingerprint density at radius 2 is 2.42 bits per heavy atom. The van der Waals surface area contributed by atoms with Gasteiger partial charge in [0, 0.05) is 6.54 Å². The molecule has 2 rings (SSSR count). The second-order valence-electron chi connectivity index (χ2n) is 4.19. The zero-order valence-corrected chi connectivity index (χ0v) is 10.6. The van der Waals surface area contributed by atoms with Crippen molar-refractivity contribution in [3.05, 3.63) is 28.3 Å². The fourth-order valence-corrected chi connectivity index (χ4v) is 2.21. The normalized spacial score (nSPS) is 19.3. The standard InChI is InChI=1S/C12H16N2O5/c1-18-11-4-2-3-10(12(11)14(16)17)13-5-6-19-8-9(13)7-15/h2-4,9,15H,5-8H2,1H3. The van der Waals surface area contributed by atoms with Crippen LogP contribution in [0, 0.1) is 10.1 Å². The molecule has 1 fully saturated rings. The number of anilines is 1. The number of methoxy groups -OCH3 is 1. The third kappa shape index (κ3) is 2.61. The van der Waals surface area contributed by atoms with Crippen LogP contribution in [0.5, 0.6) is 5.75 Å². The first-order valence-electron chi connectivity index (χ1n) is 5.95. The molecule has 1 unspecified atom stereocenters. The van der Waals surface area contributed by atoms with Crippen molar-refractivity contribution in [1.82, 2.24) is 0 Å². The van der Waals surface area contributed by atoms with Crippen LogP contribution in [-0.2, 0) is 4.74 Å². The molecule has 1 heterocycles. The van der Waals surface area contributed by atoms with Gasteiger partial charge >= 0.3 is 5.69 Å². The summed E-state index contributed by atoms with van der Waals surface area (Å²) in [5.74, 6) is 0.214. The SMILES string of the molecule is COc1cccc(N2CCOCC2CO)c1[N+](=O)[O-]. The van der Waals surface area contributed by atoms with E-state index in [1.54, 1.807) is 23.1 Å². The van der Waals surface area contributed by atoms with Gasteiger partial charge in [-0.2, -0.15) is 0 Å². The number of aliphatic hydroxyl groups excluding tert-OH is 1. The molecule has 7 nitrogen and oxygen atoms in total. The van der Waals surface area contributed by atoms with Crippen molar-refractivity contribution in [2.45, 2.75) is 6.04 Å². The fraction of sp³-hybridized carbons (Fsp3) is 0.500. The van der Waals surface area contributed by atoms with E-state index in [2.05, 4.69) is 0 Å². The maximum absolute atomic E-state index is 11.2. The summed E-state index contributed by atoms with van der Waals surface area (Å²) >= 11 is 0. The molecular weight excluding hydrogens is 252 g/mol. The lowest BCUT2D eigenvalue weighted by Crippen LogP contribution is -2.47. The minimum Gasteiger partial charge on any atom is -0.490 e. The number of nitro benzene ring substituents is 1. The van der Waals surface area contributed by atoms with Crippen LogP contribution in [-0.4, -0.2) is 49.5 Å². The summed E-state index contributed by atoms with van der Waals surface area (Å²) < 4.78 is 10.3. The van der Waals surface area contributed by atoms with E-state index < -0.39 is 4.92 Å². The molecule has 0 radical (unpaired) electrons. The molecular formula is C12H16N2O5. The van der Waals surface area contributed by atoms with Gasteiger partial charge in [0.15, 0.2) is 5.75 Å². The summed E-state index contributed by atoms with van der Waals surface area (Å²) in [5, 5.41) is 20.6. The number of rotatable bonds is 4. The van der Waals surface area contributed by atoms with Gasteiger partial charge in [-0.05, 0) is 12.1 Å². The largest absolute Gasteiger partial charge is 0.490 e. The molecule has 1 atom stereocenters. The Bertz CT molecular complexity index is 465. The predicted molar refractivity (Wildman–Crippen MR) is 68.7 cm³/mol. The molecule has 19 heavy (non-hydrogen) atoms. The molecule has 0 aromatic heterocycles. The molecule has 0 bridgehead atoms. The van der Waals surface area contributed by atoms with Crippen LogP contribution in [0.3, 0.4) is 0 Å². The van der Waals surface area contributed by atoms with E-state index >= 15 is 0 Å². The average Bonchev–Trinajstić information content (AvgIpc) is 2.46. The number of nitro groups is 1. The van der Waals surface area contributed by atoms with Gasteiger partial charge in [-0.15, -0.1) is 0 Å². The minimum absolute atomic E-state index is 0.0784. The summed E-state index contributed by atoms with van der Waals surface area (Å²) in [6.07, 6.45) is 0. The maximum Gasteiger partial charge on any atom is 0.333 e. The van der Waals surface area contributed by atoms with Crippen LogP contribution >= 0.6 is 0 Å². The molecule has 104 valence electrons. The van der Waals surface area contributed by atoms with Gasteiger partial charge in [-0.1, -0.05) is 6.07 Å². The van der Waals surface area contributed by atoms with E-state index in [1.807, 2.05) is 0 Å². The average molecular weight is 268 g/mol. The van der Waals surface area contributed by atoms with Crippen molar-refractivity contribution in [2.75, 3.05) is 38.4 Å². The molecule has 1 saturated heterocycles. The molecule has 1 N–H and O–H groups in total. The van der Waals surface area contributed by atoms with Crippen LogP contribution in [0.15, 0.2) is 18.2 Å². The molecule has 1 aliphatic heterocycles. The van der Waals surface area contributed by atoms with Crippen LogP contribution in [0.25, 0.3) is 0 Å². The summed E-state index contributed by atoms with van der Waals surface area (Å²) in [7, 11) is 1.40. The highest BCUT2D eigenvalue weighted by molar-refractivity contribution is 5.70. The van der Waals surface area contributed by atoms with E-state index in [0.29, 0.717) is 25.4 Å². The summed E-state index contributed by atoms with van der Waals surface area (Å²) in [6.45, 7) is 1.21. The molecule has 1 aliphatic rings. The molecule has 0 aliphatic carbocycles. The Morgan fingerprint density at radius 1 is 1.63 bits per heavy atom.